The molecule has 2 rings (SSSR count). The number of nitrogens with one attached hydrogen (secondary N) is 2. The summed E-state index contributed by atoms with van der Waals surface area (Å²) in [6.45, 7) is 6.03. The smallest absolute Gasteiger partial charge is 0.277 e. The van der Waals surface area contributed by atoms with Gasteiger partial charge in [-0.15, -0.1) is 0 Å². The van der Waals surface area contributed by atoms with E-state index >= 15 is 0 Å². The Balaban J connectivity index is 2.41. The van der Waals surface area contributed by atoms with Crippen LogP contribution in [0.1, 0.15) is 37.3 Å². The summed E-state index contributed by atoms with van der Waals surface area (Å²) >= 11 is 3.49. The van der Waals surface area contributed by atoms with Crippen LogP contribution in [0.25, 0.3) is 0 Å². The van der Waals surface area contributed by atoms with Gasteiger partial charge in [0.15, 0.2) is 0 Å². The summed E-state index contributed by atoms with van der Waals surface area (Å²) in [5, 5.41) is 1.70. The van der Waals surface area contributed by atoms with Crippen LogP contribution in [-0.4, -0.2) is 30.1 Å². The van der Waals surface area contributed by atoms with Crippen molar-refractivity contribution in [2.75, 3.05) is 30.0 Å². The van der Waals surface area contributed by atoms with Crippen molar-refractivity contribution >= 4 is 27.6 Å². The zero-order valence-electron chi connectivity index (χ0n) is 11.5. The Morgan fingerprint density at radius 3 is 2.58 bits per heavy atom. The van der Waals surface area contributed by atoms with E-state index in [0.717, 1.165) is 31.6 Å². The molecule has 0 fully saturated rings. The topological polar surface area (TPSA) is 64.3 Å². The monoisotopic (exact) mass is 329 g/mol. The summed E-state index contributed by atoms with van der Waals surface area (Å²) < 4.78 is 0. The van der Waals surface area contributed by atoms with E-state index < -0.39 is 0 Å². The molecule has 106 valence electrons. The van der Waals surface area contributed by atoms with Crippen LogP contribution in [0.5, 0.6) is 0 Å². The second-order valence-corrected chi connectivity index (χ2v) is 5.58. The van der Waals surface area contributed by atoms with Gasteiger partial charge < -0.3 is 9.91 Å². The van der Waals surface area contributed by atoms with Crippen LogP contribution in [-0.2, 0) is 0 Å². The molecule has 7 heteroatoms. The molecule has 2 heterocycles. The summed E-state index contributed by atoms with van der Waals surface area (Å²) in [7, 11) is 1.81. The average molecular weight is 330 g/mol. The summed E-state index contributed by atoms with van der Waals surface area (Å²) in [6, 6.07) is 0. The van der Waals surface area contributed by atoms with Crippen molar-refractivity contribution in [1.82, 2.24) is 15.4 Å². The van der Waals surface area contributed by atoms with Gasteiger partial charge >= 0.3 is 0 Å². The van der Waals surface area contributed by atoms with Crippen molar-refractivity contribution in [2.24, 2.45) is 0 Å². The van der Waals surface area contributed by atoms with Gasteiger partial charge in [0.1, 0.15) is 16.3 Å². The molecule has 1 atom stereocenters. The fourth-order valence-corrected chi connectivity index (χ4v) is 2.91. The third-order valence-electron chi connectivity index (χ3n) is 3.08. The lowest BCUT2D eigenvalue weighted by molar-refractivity contribution is 0.708. The molecule has 0 radical (unpaired) electrons. The first-order valence-electron chi connectivity index (χ1n) is 6.61. The van der Waals surface area contributed by atoms with Crippen LogP contribution in [0.2, 0.25) is 0 Å². The Morgan fingerprint density at radius 1 is 1.37 bits per heavy atom. The molecular weight excluding hydrogens is 310 g/mol. The molecule has 0 spiro atoms. The average Bonchev–Trinajstić information content (AvgIpc) is 2.65. The Hall–Kier alpha value is -1.08. The van der Waals surface area contributed by atoms with E-state index in [2.05, 4.69) is 50.1 Å². The maximum atomic E-state index is 12.2. The molecule has 0 aliphatic carbocycles. The lowest BCUT2D eigenvalue weighted by Crippen LogP contribution is -2.32. The first kappa shape index (κ1) is 14.3. The second-order valence-electron chi connectivity index (χ2n) is 4.66. The van der Waals surface area contributed by atoms with Crippen LogP contribution in [0.15, 0.2) is 4.79 Å². The predicted octanol–water partition coefficient (Wildman–Crippen LogP) is 1.74. The van der Waals surface area contributed by atoms with Crippen molar-refractivity contribution in [3.63, 3.8) is 0 Å². The first-order chi connectivity index (χ1) is 9.08. The number of hydrogen-bond donors (Lipinski definition) is 2. The standard InChI is InChI=1S/C12H20BrN5O/c1-4-6-18(7-5-2)12-14-8-9(11(19)15-12)17(3)16-10(8)13/h10,16H,4-7H2,1-3H3,(H,14,15,19). The van der Waals surface area contributed by atoms with Crippen LogP contribution in [0, 0.1) is 0 Å². The molecule has 1 aliphatic heterocycles. The van der Waals surface area contributed by atoms with E-state index in [-0.39, 0.29) is 10.5 Å². The van der Waals surface area contributed by atoms with Gasteiger partial charge in [-0.25, -0.2) is 10.4 Å². The highest BCUT2D eigenvalue weighted by molar-refractivity contribution is 9.09. The summed E-state index contributed by atoms with van der Waals surface area (Å²) in [5.74, 6) is 0.661. The van der Waals surface area contributed by atoms with E-state index in [1.165, 1.54) is 0 Å². The number of aromatic amines is 1. The number of halogens is 1. The van der Waals surface area contributed by atoms with Crippen LogP contribution < -0.4 is 20.9 Å². The van der Waals surface area contributed by atoms with Gasteiger partial charge in [-0.05, 0) is 12.8 Å². The highest BCUT2D eigenvalue weighted by Crippen LogP contribution is 2.31. The lowest BCUT2D eigenvalue weighted by atomic mass is 10.3. The zero-order chi connectivity index (χ0) is 14.0. The van der Waals surface area contributed by atoms with Gasteiger partial charge in [0, 0.05) is 20.1 Å². The number of nitrogens with zero attached hydrogens (tertiary/aromatic N) is 3. The highest BCUT2D eigenvalue weighted by atomic mass is 79.9. The minimum Gasteiger partial charge on any atom is -0.342 e. The fraction of sp³-hybridized carbons (Fsp3) is 0.667. The fourth-order valence-electron chi connectivity index (χ4n) is 2.28. The predicted molar refractivity (Wildman–Crippen MR) is 80.9 cm³/mol. The van der Waals surface area contributed by atoms with Crippen LogP contribution in [0.4, 0.5) is 11.6 Å². The Labute approximate surface area is 121 Å². The molecule has 2 N–H and O–H groups in total. The van der Waals surface area contributed by atoms with Gasteiger partial charge in [-0.1, -0.05) is 29.8 Å². The number of alkyl halides is 1. The van der Waals surface area contributed by atoms with E-state index in [9.17, 15) is 4.79 Å². The third-order valence-corrected chi connectivity index (χ3v) is 3.72. The van der Waals surface area contributed by atoms with Gasteiger partial charge in [-0.2, -0.15) is 0 Å². The van der Waals surface area contributed by atoms with E-state index in [1.807, 2.05) is 7.05 Å². The van der Waals surface area contributed by atoms with Crippen molar-refractivity contribution in [3.8, 4) is 0 Å². The van der Waals surface area contributed by atoms with Crippen molar-refractivity contribution < 1.29 is 0 Å². The molecule has 0 amide bonds. The Bertz CT molecular complexity index is 497. The molecule has 0 saturated carbocycles. The van der Waals surface area contributed by atoms with E-state index in [0.29, 0.717) is 11.6 Å². The third kappa shape index (κ3) is 2.76. The first-order valence-corrected chi connectivity index (χ1v) is 7.53. The molecule has 1 aromatic heterocycles. The molecule has 1 unspecified atom stereocenters. The van der Waals surface area contributed by atoms with Crippen LogP contribution in [0.3, 0.4) is 0 Å². The van der Waals surface area contributed by atoms with Gasteiger partial charge in [0.05, 0.1) is 0 Å². The minimum absolute atomic E-state index is 0.103. The van der Waals surface area contributed by atoms with E-state index in [4.69, 9.17) is 0 Å². The maximum absolute atomic E-state index is 12.2. The molecule has 1 aliphatic rings. The maximum Gasteiger partial charge on any atom is 0.277 e. The van der Waals surface area contributed by atoms with E-state index in [1.54, 1.807) is 5.01 Å². The number of rotatable bonds is 5. The lowest BCUT2D eigenvalue weighted by Gasteiger charge is -2.22. The minimum atomic E-state index is -0.112. The summed E-state index contributed by atoms with van der Waals surface area (Å²) in [5.41, 5.74) is 4.33. The Morgan fingerprint density at radius 2 is 2.00 bits per heavy atom. The molecule has 6 nitrogen and oxygen atoms in total. The molecule has 0 bridgehead atoms. The van der Waals surface area contributed by atoms with Crippen LogP contribution >= 0.6 is 15.9 Å². The number of aromatic nitrogens is 2. The number of hydrazine groups is 1. The van der Waals surface area contributed by atoms with Crippen molar-refractivity contribution in [2.45, 2.75) is 31.6 Å². The number of hydrogen-bond acceptors (Lipinski definition) is 5. The number of H-pyrrole nitrogens is 1. The highest BCUT2D eigenvalue weighted by Gasteiger charge is 2.29. The van der Waals surface area contributed by atoms with Gasteiger partial charge in [-0.3, -0.25) is 9.78 Å². The molecule has 0 saturated heterocycles. The summed E-state index contributed by atoms with van der Waals surface area (Å²) in [6.07, 6.45) is 2.05. The van der Waals surface area contributed by atoms with Gasteiger partial charge in [0.2, 0.25) is 5.95 Å². The van der Waals surface area contributed by atoms with Crippen molar-refractivity contribution in [1.29, 1.82) is 0 Å². The number of fused-ring (bicyclic) bond motifs is 1. The number of anilines is 2. The SMILES string of the molecule is CCCN(CCC)c1nc2c(c(=O)[nH]1)N(C)NC2Br. The summed E-state index contributed by atoms with van der Waals surface area (Å²) in [4.78, 5) is 21.7. The van der Waals surface area contributed by atoms with Crippen molar-refractivity contribution in [3.05, 3.63) is 16.0 Å². The molecule has 0 aromatic carbocycles. The zero-order valence-corrected chi connectivity index (χ0v) is 13.1. The second kappa shape index (κ2) is 5.92. The quantitative estimate of drug-likeness (QED) is 0.636. The normalized spacial score (nSPS) is 17.7. The van der Waals surface area contributed by atoms with Gasteiger partial charge in [0.25, 0.3) is 5.56 Å². The largest absolute Gasteiger partial charge is 0.342 e. The Kier molecular flexibility index (Phi) is 4.46. The molecular formula is C12H20BrN5O. The molecule has 1 aromatic rings. The molecule has 19 heavy (non-hydrogen) atoms.